The lowest BCUT2D eigenvalue weighted by Gasteiger charge is -2.09. The molecule has 7 heteroatoms. The topological polar surface area (TPSA) is 96.4 Å². The number of aromatic nitrogens is 2. The summed E-state index contributed by atoms with van der Waals surface area (Å²) in [5.41, 5.74) is 4.28. The van der Waals surface area contributed by atoms with Gasteiger partial charge in [0.15, 0.2) is 0 Å². The Morgan fingerprint density at radius 1 is 1.14 bits per heavy atom. The molecule has 2 heterocycles. The molecule has 1 amide bonds. The molecule has 0 aliphatic carbocycles. The molecule has 28 heavy (non-hydrogen) atoms. The third-order valence-corrected chi connectivity index (χ3v) is 5.10. The number of carbonyl (C=O) groups is 1. The van der Waals surface area contributed by atoms with E-state index in [4.69, 9.17) is 9.94 Å². The molecule has 3 N–H and O–H groups in total. The minimum Gasteiger partial charge on any atom is -0.497 e. The van der Waals surface area contributed by atoms with Crippen LogP contribution in [0.2, 0.25) is 0 Å². The molecule has 7 nitrogen and oxygen atoms in total. The predicted molar refractivity (Wildman–Crippen MR) is 108 cm³/mol. The maximum atomic E-state index is 12.6. The van der Waals surface area contributed by atoms with Crippen molar-refractivity contribution in [1.82, 2.24) is 15.0 Å². The maximum absolute atomic E-state index is 12.6. The molecular formula is C21H21N3O4. The van der Waals surface area contributed by atoms with Crippen molar-refractivity contribution in [3.63, 3.8) is 0 Å². The second-order valence-electron chi connectivity index (χ2n) is 6.75. The number of hydrogen-bond acceptors (Lipinski definition) is 4. The van der Waals surface area contributed by atoms with Crippen molar-refractivity contribution >= 4 is 38.6 Å². The molecule has 0 unspecified atom stereocenters. The molecule has 0 bridgehead atoms. The molecule has 2 aromatic carbocycles. The number of amides is 1. The Morgan fingerprint density at radius 3 is 2.68 bits per heavy atom. The van der Waals surface area contributed by atoms with Crippen molar-refractivity contribution in [1.29, 1.82) is 0 Å². The summed E-state index contributed by atoms with van der Waals surface area (Å²) < 4.78 is 7.56. The average Bonchev–Trinajstić information content (AvgIpc) is 3.04. The third kappa shape index (κ3) is 2.99. The number of nitrogens with zero attached hydrogens (tertiary/aromatic N) is 1. The van der Waals surface area contributed by atoms with Gasteiger partial charge in [-0.1, -0.05) is 18.2 Å². The summed E-state index contributed by atoms with van der Waals surface area (Å²) in [5.74, 6) is 0.349. The Labute approximate surface area is 160 Å². The van der Waals surface area contributed by atoms with Gasteiger partial charge in [0.1, 0.15) is 5.75 Å². The van der Waals surface area contributed by atoms with E-state index in [0.29, 0.717) is 18.4 Å². The van der Waals surface area contributed by atoms with Crippen molar-refractivity contribution in [2.24, 2.45) is 0 Å². The van der Waals surface area contributed by atoms with Gasteiger partial charge in [-0.15, -0.1) is 0 Å². The molecule has 0 aliphatic rings. The van der Waals surface area contributed by atoms with Crippen molar-refractivity contribution < 1.29 is 14.7 Å². The summed E-state index contributed by atoms with van der Waals surface area (Å²) in [6.07, 6.45) is 1.64. The highest BCUT2D eigenvalue weighted by Crippen LogP contribution is 2.33. The Balaban J connectivity index is 1.91. The zero-order chi connectivity index (χ0) is 19.7. The maximum Gasteiger partial charge on any atom is 0.256 e. The van der Waals surface area contributed by atoms with Gasteiger partial charge in [0.05, 0.1) is 23.7 Å². The van der Waals surface area contributed by atoms with Crippen LogP contribution in [-0.4, -0.2) is 27.8 Å². The zero-order valence-corrected chi connectivity index (χ0v) is 15.5. The number of aryl methyl sites for hydroxylation is 1. The number of H-pyrrole nitrogens is 1. The first-order valence-corrected chi connectivity index (χ1v) is 9.18. The lowest BCUT2D eigenvalue weighted by Crippen LogP contribution is -2.18. The van der Waals surface area contributed by atoms with Gasteiger partial charge in [0, 0.05) is 35.2 Å². The van der Waals surface area contributed by atoms with E-state index < -0.39 is 5.91 Å². The van der Waals surface area contributed by atoms with E-state index in [2.05, 4.69) is 9.55 Å². The van der Waals surface area contributed by atoms with E-state index in [1.54, 1.807) is 12.6 Å². The van der Waals surface area contributed by atoms with Gasteiger partial charge in [0.25, 0.3) is 5.56 Å². The number of aromatic amines is 1. The molecule has 144 valence electrons. The number of nitrogens with one attached hydrogen (secondary N) is 2. The van der Waals surface area contributed by atoms with Crippen molar-refractivity contribution in [3.8, 4) is 5.75 Å². The summed E-state index contributed by atoms with van der Waals surface area (Å²) >= 11 is 0. The van der Waals surface area contributed by atoms with Crippen molar-refractivity contribution in [2.45, 2.75) is 25.8 Å². The number of fused-ring (bicyclic) bond motifs is 5. The van der Waals surface area contributed by atoms with E-state index in [1.165, 1.54) is 0 Å². The van der Waals surface area contributed by atoms with Gasteiger partial charge in [-0.05, 0) is 31.0 Å². The van der Waals surface area contributed by atoms with Crippen LogP contribution in [0.4, 0.5) is 0 Å². The van der Waals surface area contributed by atoms with E-state index in [-0.39, 0.29) is 12.0 Å². The lowest BCUT2D eigenvalue weighted by molar-refractivity contribution is -0.129. The highest BCUT2D eigenvalue weighted by molar-refractivity contribution is 6.15. The van der Waals surface area contributed by atoms with Crippen molar-refractivity contribution in [3.05, 3.63) is 52.8 Å². The SMILES string of the molecule is COc1ccc2c3[nH]c(=O)c4ccccc4c3n(CCCCC(=O)NO)c2c1. The first-order valence-electron chi connectivity index (χ1n) is 9.18. The molecule has 0 saturated heterocycles. The van der Waals surface area contributed by atoms with Gasteiger partial charge in [0.2, 0.25) is 5.91 Å². The molecule has 4 rings (SSSR count). The Hall–Kier alpha value is -3.32. The first kappa shape index (κ1) is 18.1. The van der Waals surface area contributed by atoms with Crippen LogP contribution in [-0.2, 0) is 11.3 Å². The number of carbonyl (C=O) groups excluding carboxylic acids is 1. The van der Waals surface area contributed by atoms with Gasteiger partial charge in [-0.3, -0.25) is 14.8 Å². The molecule has 4 aromatic rings. The van der Waals surface area contributed by atoms with Crippen LogP contribution in [0.25, 0.3) is 32.7 Å². The monoisotopic (exact) mass is 379 g/mol. The van der Waals surface area contributed by atoms with Crippen LogP contribution in [0.3, 0.4) is 0 Å². The van der Waals surface area contributed by atoms with Gasteiger partial charge in [-0.2, -0.15) is 0 Å². The molecule has 0 radical (unpaired) electrons. The molecule has 0 spiro atoms. The summed E-state index contributed by atoms with van der Waals surface area (Å²) in [6, 6.07) is 13.4. The smallest absolute Gasteiger partial charge is 0.256 e. The number of rotatable bonds is 6. The second-order valence-corrected chi connectivity index (χ2v) is 6.75. The average molecular weight is 379 g/mol. The number of ether oxygens (including phenoxy) is 1. The van der Waals surface area contributed by atoms with Gasteiger partial charge >= 0.3 is 0 Å². The minimum atomic E-state index is -0.390. The highest BCUT2D eigenvalue weighted by Gasteiger charge is 2.16. The van der Waals surface area contributed by atoms with Gasteiger partial charge < -0.3 is 14.3 Å². The van der Waals surface area contributed by atoms with Crippen LogP contribution in [0.15, 0.2) is 47.3 Å². The van der Waals surface area contributed by atoms with Gasteiger partial charge in [-0.25, -0.2) is 5.48 Å². The van der Waals surface area contributed by atoms with E-state index >= 15 is 0 Å². The van der Waals surface area contributed by atoms with Crippen LogP contribution in [0.1, 0.15) is 19.3 Å². The Morgan fingerprint density at radius 2 is 1.93 bits per heavy atom. The van der Waals surface area contributed by atoms with Crippen LogP contribution < -0.4 is 15.8 Å². The van der Waals surface area contributed by atoms with Crippen LogP contribution in [0, 0.1) is 0 Å². The van der Waals surface area contributed by atoms with E-state index in [0.717, 1.165) is 39.5 Å². The summed E-state index contributed by atoms with van der Waals surface area (Å²) in [5, 5.41) is 11.1. The summed E-state index contributed by atoms with van der Waals surface area (Å²) in [7, 11) is 1.62. The lowest BCUT2D eigenvalue weighted by atomic mass is 10.1. The standard InChI is InChI=1S/C21H21N3O4/c1-28-13-9-10-16-17(12-13)24(11-5-4-8-18(25)23-27)20-14-6-2-3-7-15(14)21(26)22-19(16)20/h2-3,6-7,9-10,12,27H,4-5,8,11H2,1H3,(H,22,26)(H,23,25). The van der Waals surface area contributed by atoms with Crippen LogP contribution in [0.5, 0.6) is 5.75 Å². The Kier molecular flexibility index (Phi) is 4.75. The fraction of sp³-hybridized carbons (Fsp3) is 0.238. The molecular weight excluding hydrogens is 358 g/mol. The third-order valence-electron chi connectivity index (χ3n) is 5.10. The number of benzene rings is 2. The molecule has 0 fully saturated rings. The highest BCUT2D eigenvalue weighted by atomic mass is 16.5. The summed E-state index contributed by atoms with van der Waals surface area (Å²) in [4.78, 5) is 26.9. The quantitative estimate of drug-likeness (QED) is 0.272. The minimum absolute atomic E-state index is 0.113. The number of pyridine rings is 1. The Bertz CT molecular complexity index is 1240. The molecule has 0 aliphatic heterocycles. The first-order chi connectivity index (χ1) is 13.6. The van der Waals surface area contributed by atoms with E-state index in [9.17, 15) is 9.59 Å². The number of methoxy groups -OCH3 is 1. The summed E-state index contributed by atoms with van der Waals surface area (Å²) in [6.45, 7) is 0.669. The van der Waals surface area contributed by atoms with Crippen LogP contribution >= 0.6 is 0 Å². The predicted octanol–water partition coefficient (Wildman–Crippen LogP) is 3.32. The molecule has 2 aromatic heterocycles. The number of hydrogen-bond donors (Lipinski definition) is 3. The number of unbranched alkanes of at least 4 members (excludes halogenated alkanes) is 1. The fourth-order valence-corrected chi connectivity index (χ4v) is 3.77. The normalized spacial score (nSPS) is 11.4. The zero-order valence-electron chi connectivity index (χ0n) is 15.5. The van der Waals surface area contributed by atoms with Crippen molar-refractivity contribution in [2.75, 3.05) is 7.11 Å². The van der Waals surface area contributed by atoms with E-state index in [1.807, 2.05) is 42.5 Å². The molecule has 0 atom stereocenters. The number of hydroxylamine groups is 1. The molecule has 0 saturated carbocycles. The fourth-order valence-electron chi connectivity index (χ4n) is 3.77. The second kappa shape index (κ2) is 7.36. The largest absolute Gasteiger partial charge is 0.497 e.